The van der Waals surface area contributed by atoms with Gasteiger partial charge in [0.25, 0.3) is 0 Å². The lowest BCUT2D eigenvalue weighted by Gasteiger charge is -2.12. The Balaban J connectivity index is 2.16. The lowest BCUT2D eigenvalue weighted by molar-refractivity contribution is 0.0696. The van der Waals surface area contributed by atoms with Crippen LogP contribution in [-0.4, -0.2) is 18.2 Å². The van der Waals surface area contributed by atoms with Gasteiger partial charge in [-0.2, -0.15) is 0 Å². The molecule has 21 heavy (non-hydrogen) atoms. The molecule has 0 amide bonds. The summed E-state index contributed by atoms with van der Waals surface area (Å²) in [6.45, 7) is 0.647. The molecule has 0 aromatic heterocycles. The van der Waals surface area contributed by atoms with Gasteiger partial charge < -0.3 is 15.2 Å². The second-order valence-corrected chi connectivity index (χ2v) is 4.56. The number of hydrogen-bond acceptors (Lipinski definition) is 3. The average Bonchev–Trinajstić information content (AvgIpc) is 2.48. The molecule has 2 rings (SSSR count). The molecule has 2 aromatic rings. The Hall–Kier alpha value is -2.40. The van der Waals surface area contributed by atoms with Crippen LogP contribution in [0.4, 0.5) is 10.1 Å². The fourth-order valence-corrected chi connectivity index (χ4v) is 2.01. The Morgan fingerprint density at radius 3 is 2.71 bits per heavy atom. The number of ether oxygens (including phenoxy) is 1. The molecule has 0 fully saturated rings. The molecular weight excluding hydrogens is 273 g/mol. The van der Waals surface area contributed by atoms with E-state index < -0.39 is 11.8 Å². The van der Waals surface area contributed by atoms with Crippen molar-refractivity contribution in [3.63, 3.8) is 0 Å². The fraction of sp³-hybridized carbons (Fsp3) is 0.188. The van der Waals surface area contributed by atoms with Gasteiger partial charge in [0.15, 0.2) is 0 Å². The maximum atomic E-state index is 13.7. The van der Waals surface area contributed by atoms with Gasteiger partial charge in [-0.25, -0.2) is 9.18 Å². The van der Waals surface area contributed by atoms with E-state index in [1.54, 1.807) is 7.11 Å². The van der Waals surface area contributed by atoms with Crippen molar-refractivity contribution in [2.75, 3.05) is 12.4 Å². The Kier molecular flexibility index (Phi) is 4.90. The first-order valence-corrected chi connectivity index (χ1v) is 6.44. The highest BCUT2D eigenvalue weighted by atomic mass is 19.1. The SMILES string of the molecule is COCc1ccccc1NCc1cc(C(=O)O)ccc1F. The number of carbonyl (C=O) groups is 1. The van der Waals surface area contributed by atoms with Crippen molar-refractivity contribution in [1.29, 1.82) is 0 Å². The van der Waals surface area contributed by atoms with Crippen LogP contribution in [0.1, 0.15) is 21.5 Å². The van der Waals surface area contributed by atoms with Crippen molar-refractivity contribution in [2.24, 2.45) is 0 Å². The van der Waals surface area contributed by atoms with Crippen LogP contribution in [0.25, 0.3) is 0 Å². The van der Waals surface area contributed by atoms with E-state index in [1.165, 1.54) is 18.2 Å². The van der Waals surface area contributed by atoms with Gasteiger partial charge >= 0.3 is 5.97 Å². The molecule has 110 valence electrons. The lowest BCUT2D eigenvalue weighted by atomic mass is 10.1. The Morgan fingerprint density at radius 2 is 2.00 bits per heavy atom. The molecule has 0 spiro atoms. The van der Waals surface area contributed by atoms with E-state index in [9.17, 15) is 9.18 Å². The molecule has 0 bridgehead atoms. The van der Waals surface area contributed by atoms with Gasteiger partial charge in [-0.05, 0) is 24.3 Å². The standard InChI is InChI=1S/C16H16FNO3/c1-21-10-12-4-2-3-5-15(12)18-9-13-8-11(16(19)20)6-7-14(13)17/h2-8,18H,9-10H2,1H3,(H,19,20). The number of aromatic carboxylic acids is 1. The van der Waals surface area contributed by atoms with E-state index in [0.717, 1.165) is 11.3 Å². The second kappa shape index (κ2) is 6.85. The van der Waals surface area contributed by atoms with Crippen LogP contribution in [0, 0.1) is 5.82 Å². The van der Waals surface area contributed by atoms with Crippen LogP contribution < -0.4 is 5.32 Å². The monoisotopic (exact) mass is 289 g/mol. The summed E-state index contributed by atoms with van der Waals surface area (Å²) in [5, 5.41) is 12.0. The maximum Gasteiger partial charge on any atom is 0.335 e. The molecule has 0 aliphatic heterocycles. The van der Waals surface area contributed by atoms with Gasteiger partial charge in [0.2, 0.25) is 0 Å². The number of halogens is 1. The molecule has 0 heterocycles. The Morgan fingerprint density at radius 1 is 1.24 bits per heavy atom. The second-order valence-electron chi connectivity index (χ2n) is 4.56. The van der Waals surface area contributed by atoms with Gasteiger partial charge in [-0.3, -0.25) is 0 Å². The topological polar surface area (TPSA) is 58.6 Å². The first-order valence-electron chi connectivity index (χ1n) is 6.44. The zero-order valence-electron chi connectivity index (χ0n) is 11.6. The zero-order chi connectivity index (χ0) is 15.2. The summed E-state index contributed by atoms with van der Waals surface area (Å²) in [7, 11) is 1.60. The minimum absolute atomic E-state index is 0.0679. The predicted molar refractivity (Wildman–Crippen MR) is 77.8 cm³/mol. The average molecular weight is 289 g/mol. The van der Waals surface area contributed by atoms with Crippen LogP contribution in [0.2, 0.25) is 0 Å². The van der Waals surface area contributed by atoms with Crippen LogP contribution in [0.5, 0.6) is 0 Å². The smallest absolute Gasteiger partial charge is 0.335 e. The molecule has 5 heteroatoms. The van der Waals surface area contributed by atoms with Crippen LogP contribution in [-0.2, 0) is 17.9 Å². The predicted octanol–water partition coefficient (Wildman–Crippen LogP) is 3.28. The summed E-state index contributed by atoms with van der Waals surface area (Å²) < 4.78 is 18.8. The number of methoxy groups -OCH3 is 1. The highest BCUT2D eigenvalue weighted by molar-refractivity contribution is 5.87. The Bertz CT molecular complexity index is 643. The number of nitrogens with one attached hydrogen (secondary N) is 1. The number of carboxylic acid groups (broad SMARTS) is 1. The molecule has 0 atom stereocenters. The van der Waals surface area contributed by atoms with E-state index in [4.69, 9.17) is 9.84 Å². The van der Waals surface area contributed by atoms with Crippen molar-refractivity contribution in [3.05, 3.63) is 65.0 Å². The molecular formula is C16H16FNO3. The third-order valence-corrected chi connectivity index (χ3v) is 3.08. The van der Waals surface area contributed by atoms with E-state index in [0.29, 0.717) is 12.2 Å². The number of benzene rings is 2. The lowest BCUT2D eigenvalue weighted by Crippen LogP contribution is -2.06. The molecule has 4 nitrogen and oxygen atoms in total. The number of rotatable bonds is 6. The normalized spacial score (nSPS) is 10.4. The van der Waals surface area contributed by atoms with Crippen molar-refractivity contribution in [1.82, 2.24) is 0 Å². The molecule has 0 aliphatic rings. The van der Waals surface area contributed by atoms with Gasteiger partial charge in [0, 0.05) is 30.5 Å². The summed E-state index contributed by atoms with van der Waals surface area (Å²) in [6, 6.07) is 11.3. The summed E-state index contributed by atoms with van der Waals surface area (Å²) in [6.07, 6.45) is 0. The van der Waals surface area contributed by atoms with E-state index in [1.807, 2.05) is 24.3 Å². The summed E-state index contributed by atoms with van der Waals surface area (Å²) in [4.78, 5) is 10.9. The van der Waals surface area contributed by atoms with Crippen LogP contribution in [0.3, 0.4) is 0 Å². The first-order chi connectivity index (χ1) is 10.1. The molecule has 0 radical (unpaired) electrons. The molecule has 2 aromatic carbocycles. The minimum Gasteiger partial charge on any atom is -0.478 e. The van der Waals surface area contributed by atoms with E-state index in [2.05, 4.69) is 5.32 Å². The fourth-order valence-electron chi connectivity index (χ4n) is 2.01. The molecule has 0 unspecified atom stereocenters. The third kappa shape index (κ3) is 3.79. The molecule has 0 saturated carbocycles. The van der Waals surface area contributed by atoms with Crippen molar-refractivity contribution in [2.45, 2.75) is 13.2 Å². The van der Waals surface area contributed by atoms with Gasteiger partial charge in [0.05, 0.1) is 12.2 Å². The maximum absolute atomic E-state index is 13.7. The van der Waals surface area contributed by atoms with Gasteiger partial charge in [0.1, 0.15) is 5.82 Å². The molecule has 2 N–H and O–H groups in total. The number of para-hydroxylation sites is 1. The van der Waals surface area contributed by atoms with E-state index in [-0.39, 0.29) is 12.1 Å². The summed E-state index contributed by atoms with van der Waals surface area (Å²) in [5.74, 6) is -1.51. The van der Waals surface area contributed by atoms with Crippen molar-refractivity contribution in [3.8, 4) is 0 Å². The number of anilines is 1. The van der Waals surface area contributed by atoms with Crippen LogP contribution in [0.15, 0.2) is 42.5 Å². The molecule has 0 aliphatic carbocycles. The van der Waals surface area contributed by atoms with Crippen LogP contribution >= 0.6 is 0 Å². The van der Waals surface area contributed by atoms with Gasteiger partial charge in [-0.15, -0.1) is 0 Å². The Labute approximate surface area is 122 Å². The third-order valence-electron chi connectivity index (χ3n) is 3.08. The highest BCUT2D eigenvalue weighted by Gasteiger charge is 2.09. The number of carboxylic acids is 1. The van der Waals surface area contributed by atoms with E-state index >= 15 is 0 Å². The number of hydrogen-bond donors (Lipinski definition) is 2. The van der Waals surface area contributed by atoms with Crippen molar-refractivity contribution >= 4 is 11.7 Å². The summed E-state index contributed by atoms with van der Waals surface area (Å²) >= 11 is 0. The quantitative estimate of drug-likeness (QED) is 0.856. The summed E-state index contributed by atoms with van der Waals surface area (Å²) in [5.41, 5.74) is 2.16. The zero-order valence-corrected chi connectivity index (χ0v) is 11.6. The highest BCUT2D eigenvalue weighted by Crippen LogP contribution is 2.18. The minimum atomic E-state index is -1.07. The largest absolute Gasteiger partial charge is 0.478 e. The molecule has 0 saturated heterocycles. The van der Waals surface area contributed by atoms with Gasteiger partial charge in [-0.1, -0.05) is 18.2 Å². The van der Waals surface area contributed by atoms with Crippen molar-refractivity contribution < 1.29 is 19.0 Å². The first kappa shape index (κ1) is 15.0.